The molecule has 1 heterocycles. The lowest BCUT2D eigenvalue weighted by Gasteiger charge is -2.36. The van der Waals surface area contributed by atoms with Crippen molar-refractivity contribution in [3.05, 3.63) is 40.9 Å². The van der Waals surface area contributed by atoms with Gasteiger partial charge in [0, 0.05) is 36.3 Å². The lowest BCUT2D eigenvalue weighted by atomic mass is 10.1. The van der Waals surface area contributed by atoms with Crippen molar-refractivity contribution >= 4 is 38.3 Å². The van der Waals surface area contributed by atoms with Gasteiger partial charge in [0.25, 0.3) is 0 Å². The van der Waals surface area contributed by atoms with E-state index in [1.54, 1.807) is 4.90 Å². The number of hydrogen-bond acceptors (Lipinski definition) is 3. The molecule has 1 aliphatic heterocycles. The van der Waals surface area contributed by atoms with Gasteiger partial charge in [-0.3, -0.25) is 4.79 Å². The third kappa shape index (κ3) is 3.04. The Balaban J connectivity index is 1.76. The molecule has 110 valence electrons. The molecule has 1 fully saturated rings. The maximum atomic E-state index is 11.5. The van der Waals surface area contributed by atoms with Gasteiger partial charge in [0.2, 0.25) is 5.91 Å². The molecule has 1 saturated heterocycles. The third-order valence-corrected chi connectivity index (χ3v) is 4.41. The van der Waals surface area contributed by atoms with Crippen LogP contribution in [-0.2, 0) is 4.79 Å². The van der Waals surface area contributed by atoms with Crippen molar-refractivity contribution in [2.24, 2.45) is 0 Å². The van der Waals surface area contributed by atoms with Crippen LogP contribution in [-0.4, -0.2) is 48.7 Å². The van der Waals surface area contributed by atoms with Crippen LogP contribution >= 0.6 is 15.9 Å². The molecule has 5 heteroatoms. The van der Waals surface area contributed by atoms with E-state index in [1.807, 2.05) is 6.07 Å². The van der Waals surface area contributed by atoms with Crippen molar-refractivity contribution < 1.29 is 9.90 Å². The highest BCUT2D eigenvalue weighted by atomic mass is 79.9. The number of carbonyl (C=O) groups is 1. The lowest BCUT2D eigenvalue weighted by molar-refractivity contribution is -0.134. The Bertz CT molecular complexity index is 666. The van der Waals surface area contributed by atoms with Crippen LogP contribution in [0.25, 0.3) is 10.8 Å². The summed E-state index contributed by atoms with van der Waals surface area (Å²) in [5.41, 5.74) is 1.18. The standard InChI is InChI=1S/C16H17BrN2O2/c17-14-3-1-13-10-15(4-2-12(13)9-14)18-5-7-19(8-6-18)16(21)11-20/h1-4,9-10,20H,5-8,11H2. The maximum absolute atomic E-state index is 11.5. The summed E-state index contributed by atoms with van der Waals surface area (Å²) >= 11 is 3.49. The molecule has 4 nitrogen and oxygen atoms in total. The fourth-order valence-corrected chi connectivity index (χ4v) is 3.09. The Morgan fingerprint density at radius 1 is 1.05 bits per heavy atom. The Labute approximate surface area is 132 Å². The fraction of sp³-hybridized carbons (Fsp3) is 0.312. The maximum Gasteiger partial charge on any atom is 0.248 e. The third-order valence-electron chi connectivity index (χ3n) is 3.92. The molecule has 3 rings (SSSR count). The molecule has 0 bridgehead atoms. The summed E-state index contributed by atoms with van der Waals surface area (Å²) in [6.07, 6.45) is 0. The van der Waals surface area contributed by atoms with Crippen LogP contribution < -0.4 is 4.90 Å². The highest BCUT2D eigenvalue weighted by molar-refractivity contribution is 9.10. The molecule has 2 aromatic carbocycles. The molecular formula is C16H17BrN2O2. The molecule has 0 unspecified atom stereocenters. The van der Waals surface area contributed by atoms with E-state index in [0.29, 0.717) is 13.1 Å². The minimum Gasteiger partial charge on any atom is -0.387 e. The number of halogens is 1. The second-order valence-corrected chi connectivity index (χ2v) is 6.12. The van der Waals surface area contributed by atoms with Gasteiger partial charge in [-0.05, 0) is 35.0 Å². The zero-order chi connectivity index (χ0) is 14.8. The van der Waals surface area contributed by atoms with Crippen molar-refractivity contribution in [1.82, 2.24) is 4.90 Å². The molecule has 0 radical (unpaired) electrons. The molecule has 0 atom stereocenters. The molecule has 1 N–H and O–H groups in total. The zero-order valence-electron chi connectivity index (χ0n) is 11.6. The first-order chi connectivity index (χ1) is 10.2. The minimum atomic E-state index is -0.398. The highest BCUT2D eigenvalue weighted by Crippen LogP contribution is 2.25. The number of fused-ring (bicyclic) bond motifs is 1. The van der Waals surface area contributed by atoms with Crippen LogP contribution in [0, 0.1) is 0 Å². The molecule has 2 aromatic rings. The first-order valence-corrected chi connectivity index (χ1v) is 7.79. The van der Waals surface area contributed by atoms with Crippen molar-refractivity contribution in [2.45, 2.75) is 0 Å². The van der Waals surface area contributed by atoms with Gasteiger partial charge >= 0.3 is 0 Å². The van der Waals surface area contributed by atoms with E-state index in [-0.39, 0.29) is 5.91 Å². The number of anilines is 1. The average molecular weight is 349 g/mol. The molecule has 21 heavy (non-hydrogen) atoms. The van der Waals surface area contributed by atoms with Gasteiger partial charge in [0.05, 0.1) is 0 Å². The molecule has 0 saturated carbocycles. The Hall–Kier alpha value is -1.59. The van der Waals surface area contributed by atoms with Gasteiger partial charge < -0.3 is 14.9 Å². The SMILES string of the molecule is O=C(CO)N1CCN(c2ccc3cc(Br)ccc3c2)CC1. The number of piperazine rings is 1. The van der Waals surface area contributed by atoms with Crippen LogP contribution in [0.3, 0.4) is 0 Å². The minimum absolute atomic E-state index is 0.182. The van der Waals surface area contributed by atoms with E-state index in [1.165, 1.54) is 16.5 Å². The van der Waals surface area contributed by atoms with Gasteiger partial charge in [-0.25, -0.2) is 0 Å². The van der Waals surface area contributed by atoms with Gasteiger partial charge in [0.1, 0.15) is 6.61 Å². The van der Waals surface area contributed by atoms with Gasteiger partial charge in [-0.1, -0.05) is 28.1 Å². The topological polar surface area (TPSA) is 43.8 Å². The number of amides is 1. The monoisotopic (exact) mass is 348 g/mol. The Morgan fingerprint density at radius 3 is 2.43 bits per heavy atom. The summed E-state index contributed by atoms with van der Waals surface area (Å²) in [6.45, 7) is 2.53. The summed E-state index contributed by atoms with van der Waals surface area (Å²) in [4.78, 5) is 15.5. The van der Waals surface area contributed by atoms with Crippen LogP contribution in [0.5, 0.6) is 0 Å². The predicted octanol–water partition coefficient (Wildman–Crippen LogP) is 2.24. The summed E-state index contributed by atoms with van der Waals surface area (Å²) in [5.74, 6) is -0.182. The smallest absolute Gasteiger partial charge is 0.248 e. The molecular weight excluding hydrogens is 332 g/mol. The van der Waals surface area contributed by atoms with Crippen molar-refractivity contribution in [2.75, 3.05) is 37.7 Å². The first-order valence-electron chi connectivity index (χ1n) is 7.00. The number of nitrogens with zero attached hydrogens (tertiary/aromatic N) is 2. The van der Waals surface area contributed by atoms with Crippen molar-refractivity contribution in [1.29, 1.82) is 0 Å². The Morgan fingerprint density at radius 2 is 1.71 bits per heavy atom. The van der Waals surface area contributed by atoms with Crippen LogP contribution in [0.15, 0.2) is 40.9 Å². The van der Waals surface area contributed by atoms with Gasteiger partial charge in [0.15, 0.2) is 0 Å². The second kappa shape index (κ2) is 6.03. The summed E-state index contributed by atoms with van der Waals surface area (Å²) in [6, 6.07) is 12.7. The van der Waals surface area contributed by atoms with Crippen molar-refractivity contribution in [3.8, 4) is 0 Å². The van der Waals surface area contributed by atoms with Gasteiger partial charge in [-0.15, -0.1) is 0 Å². The van der Waals surface area contributed by atoms with E-state index in [2.05, 4.69) is 51.2 Å². The molecule has 0 aromatic heterocycles. The number of aliphatic hydroxyl groups excluding tert-OH is 1. The Kier molecular flexibility index (Phi) is 4.12. The number of aliphatic hydroxyl groups is 1. The zero-order valence-corrected chi connectivity index (χ0v) is 13.2. The summed E-state index contributed by atoms with van der Waals surface area (Å²) < 4.78 is 1.08. The number of hydrogen-bond donors (Lipinski definition) is 1. The van der Waals surface area contributed by atoms with E-state index < -0.39 is 6.61 Å². The molecule has 0 spiro atoms. The van der Waals surface area contributed by atoms with Crippen LogP contribution in [0.2, 0.25) is 0 Å². The average Bonchev–Trinajstić information content (AvgIpc) is 2.53. The first kappa shape index (κ1) is 14.4. The number of benzene rings is 2. The normalized spacial score (nSPS) is 15.5. The van der Waals surface area contributed by atoms with Crippen LogP contribution in [0.1, 0.15) is 0 Å². The van der Waals surface area contributed by atoms with E-state index >= 15 is 0 Å². The quantitative estimate of drug-likeness (QED) is 0.905. The molecule has 0 aliphatic carbocycles. The predicted molar refractivity (Wildman–Crippen MR) is 87.5 cm³/mol. The van der Waals surface area contributed by atoms with E-state index in [0.717, 1.165) is 17.6 Å². The molecule has 1 amide bonds. The fourth-order valence-electron chi connectivity index (χ4n) is 2.71. The number of rotatable bonds is 2. The number of carbonyl (C=O) groups excluding carboxylic acids is 1. The van der Waals surface area contributed by atoms with Crippen LogP contribution in [0.4, 0.5) is 5.69 Å². The summed E-state index contributed by atoms with van der Waals surface area (Å²) in [5, 5.41) is 11.3. The largest absolute Gasteiger partial charge is 0.387 e. The van der Waals surface area contributed by atoms with E-state index in [4.69, 9.17) is 5.11 Å². The van der Waals surface area contributed by atoms with E-state index in [9.17, 15) is 4.79 Å². The second-order valence-electron chi connectivity index (χ2n) is 5.20. The molecule has 1 aliphatic rings. The summed E-state index contributed by atoms with van der Waals surface area (Å²) in [7, 11) is 0. The lowest BCUT2D eigenvalue weighted by Crippen LogP contribution is -2.49. The highest BCUT2D eigenvalue weighted by Gasteiger charge is 2.20. The van der Waals surface area contributed by atoms with Crippen molar-refractivity contribution in [3.63, 3.8) is 0 Å². The van der Waals surface area contributed by atoms with Gasteiger partial charge in [-0.2, -0.15) is 0 Å².